The maximum atomic E-state index is 11.8. The van der Waals surface area contributed by atoms with Crippen LogP contribution in [0.2, 0.25) is 10.0 Å². The van der Waals surface area contributed by atoms with Crippen molar-refractivity contribution in [3.63, 3.8) is 0 Å². The van der Waals surface area contributed by atoms with Crippen LogP contribution in [-0.4, -0.2) is 22.4 Å². The Morgan fingerprint density at radius 3 is 2.81 bits per heavy atom. The van der Waals surface area contributed by atoms with Crippen LogP contribution in [0.4, 0.5) is 0 Å². The third-order valence-electron chi connectivity index (χ3n) is 2.82. The summed E-state index contributed by atoms with van der Waals surface area (Å²) in [5, 5.41) is 4.98. The first-order chi connectivity index (χ1) is 10.0. The van der Waals surface area contributed by atoms with Gasteiger partial charge >= 0.3 is 5.97 Å². The molecule has 0 atom stereocenters. The number of esters is 1. The zero-order valence-corrected chi connectivity index (χ0v) is 13.1. The van der Waals surface area contributed by atoms with E-state index in [9.17, 15) is 4.79 Å². The molecule has 0 amide bonds. The fourth-order valence-electron chi connectivity index (χ4n) is 1.75. The summed E-state index contributed by atoms with van der Waals surface area (Å²) in [7, 11) is 1.73. The summed E-state index contributed by atoms with van der Waals surface area (Å²) in [6.07, 6.45) is 1.46. The average molecular weight is 329 g/mol. The number of carbonyl (C=O) groups is 1. The van der Waals surface area contributed by atoms with Gasteiger partial charge in [-0.15, -0.1) is 0 Å². The number of aromatic nitrogens is 2. The Balaban J connectivity index is 2.16. The van der Waals surface area contributed by atoms with E-state index in [2.05, 4.69) is 5.10 Å². The summed E-state index contributed by atoms with van der Waals surface area (Å²) >= 11 is 11.9. The topological polar surface area (TPSA) is 53.3 Å². The van der Waals surface area contributed by atoms with Gasteiger partial charge in [0, 0.05) is 12.1 Å². The number of halogens is 2. The van der Waals surface area contributed by atoms with Crippen LogP contribution in [0.5, 0.6) is 5.75 Å². The minimum absolute atomic E-state index is 0.145. The smallest absolute Gasteiger partial charge is 0.341 e. The summed E-state index contributed by atoms with van der Waals surface area (Å²) in [6.45, 7) is 2.20. The molecule has 0 aliphatic rings. The number of carbonyl (C=O) groups excluding carboxylic acids is 1. The van der Waals surface area contributed by atoms with Gasteiger partial charge in [0.25, 0.3) is 0 Å². The molecule has 7 heteroatoms. The third kappa shape index (κ3) is 3.68. The maximum Gasteiger partial charge on any atom is 0.341 e. The molecule has 5 nitrogen and oxygen atoms in total. The third-order valence-corrected chi connectivity index (χ3v) is 3.35. The zero-order valence-electron chi connectivity index (χ0n) is 11.6. The van der Waals surface area contributed by atoms with E-state index in [4.69, 9.17) is 32.7 Å². The lowest BCUT2D eigenvalue weighted by atomic mass is 10.2. The second-order valence-electron chi connectivity index (χ2n) is 4.21. The number of benzene rings is 1. The molecule has 112 valence electrons. The van der Waals surface area contributed by atoms with E-state index in [0.717, 1.165) is 0 Å². The van der Waals surface area contributed by atoms with Gasteiger partial charge in [0.2, 0.25) is 0 Å². The van der Waals surface area contributed by atoms with Crippen molar-refractivity contribution in [1.82, 2.24) is 9.78 Å². The molecule has 0 aliphatic heterocycles. The zero-order chi connectivity index (χ0) is 15.4. The molecule has 0 bridgehead atoms. The molecule has 0 unspecified atom stereocenters. The Bertz CT molecular complexity index is 656. The monoisotopic (exact) mass is 328 g/mol. The predicted octanol–water partition coefficient (Wildman–Crippen LogP) is 3.48. The molecular formula is C14H14Cl2N2O3. The Morgan fingerprint density at radius 1 is 1.38 bits per heavy atom. The number of hydrogen-bond donors (Lipinski definition) is 0. The highest BCUT2D eigenvalue weighted by Crippen LogP contribution is 2.28. The number of aryl methyl sites for hydroxylation is 1. The van der Waals surface area contributed by atoms with Crippen molar-refractivity contribution in [2.75, 3.05) is 6.61 Å². The maximum absolute atomic E-state index is 11.8. The predicted molar refractivity (Wildman–Crippen MR) is 80.0 cm³/mol. The van der Waals surface area contributed by atoms with Crippen LogP contribution in [0, 0.1) is 0 Å². The number of nitrogens with zero attached hydrogens (tertiary/aromatic N) is 2. The van der Waals surface area contributed by atoms with Gasteiger partial charge in [0.15, 0.2) is 0 Å². The van der Waals surface area contributed by atoms with Crippen LogP contribution in [0.15, 0.2) is 24.4 Å². The van der Waals surface area contributed by atoms with Gasteiger partial charge in [0.05, 0.1) is 23.5 Å². The molecule has 1 aromatic heterocycles. The minimum atomic E-state index is -0.425. The molecule has 2 rings (SSSR count). The van der Waals surface area contributed by atoms with E-state index in [-0.39, 0.29) is 6.61 Å². The molecule has 1 heterocycles. The molecule has 0 N–H and O–H groups in total. The molecule has 0 aliphatic carbocycles. The van der Waals surface area contributed by atoms with Crippen LogP contribution in [0.3, 0.4) is 0 Å². The van der Waals surface area contributed by atoms with Crippen molar-refractivity contribution in [3.8, 4) is 5.75 Å². The van der Waals surface area contributed by atoms with E-state index in [1.165, 1.54) is 6.20 Å². The number of ether oxygens (including phenoxy) is 2. The second kappa shape index (κ2) is 6.83. The molecule has 2 aromatic rings. The van der Waals surface area contributed by atoms with Gasteiger partial charge in [-0.05, 0) is 25.1 Å². The summed E-state index contributed by atoms with van der Waals surface area (Å²) in [6, 6.07) is 4.94. The van der Waals surface area contributed by atoms with Crippen LogP contribution < -0.4 is 4.74 Å². The van der Waals surface area contributed by atoms with Crippen molar-refractivity contribution < 1.29 is 14.3 Å². The van der Waals surface area contributed by atoms with Gasteiger partial charge in [0.1, 0.15) is 17.9 Å². The highest BCUT2D eigenvalue weighted by atomic mass is 35.5. The largest absolute Gasteiger partial charge is 0.486 e. The molecule has 0 spiro atoms. The quantitative estimate of drug-likeness (QED) is 0.788. The first kappa shape index (κ1) is 15.7. The van der Waals surface area contributed by atoms with Crippen LogP contribution in [-0.2, 0) is 18.4 Å². The van der Waals surface area contributed by atoms with Gasteiger partial charge in [-0.3, -0.25) is 4.68 Å². The summed E-state index contributed by atoms with van der Waals surface area (Å²) in [4.78, 5) is 11.8. The lowest BCUT2D eigenvalue weighted by molar-refractivity contribution is 0.0523. The standard InChI is InChI=1S/C14H14Cl2N2O3/c1-3-20-14(19)10-7-17-18(2)12(10)8-21-13-5-4-9(15)6-11(13)16/h4-7H,3,8H2,1-2H3. The van der Waals surface area contributed by atoms with Gasteiger partial charge in [-0.1, -0.05) is 23.2 Å². The second-order valence-corrected chi connectivity index (χ2v) is 5.06. The van der Waals surface area contributed by atoms with E-state index >= 15 is 0 Å². The highest BCUT2D eigenvalue weighted by Gasteiger charge is 2.18. The Hall–Kier alpha value is -1.72. The SMILES string of the molecule is CCOC(=O)c1cnn(C)c1COc1ccc(Cl)cc1Cl. The molecule has 21 heavy (non-hydrogen) atoms. The van der Waals surface area contributed by atoms with E-state index in [1.54, 1.807) is 36.9 Å². The van der Waals surface area contributed by atoms with E-state index in [1.807, 2.05) is 0 Å². The summed E-state index contributed by atoms with van der Waals surface area (Å²) < 4.78 is 12.2. The molecule has 0 radical (unpaired) electrons. The summed E-state index contributed by atoms with van der Waals surface area (Å²) in [5.41, 5.74) is 0.990. The van der Waals surface area contributed by atoms with Crippen LogP contribution in [0.1, 0.15) is 23.0 Å². The molecule has 0 saturated heterocycles. The minimum Gasteiger partial charge on any atom is -0.486 e. The van der Waals surface area contributed by atoms with Crippen molar-refractivity contribution in [2.24, 2.45) is 7.05 Å². The van der Waals surface area contributed by atoms with Crippen molar-refractivity contribution in [2.45, 2.75) is 13.5 Å². The van der Waals surface area contributed by atoms with Gasteiger partial charge in [-0.25, -0.2) is 4.79 Å². The fourth-order valence-corrected chi connectivity index (χ4v) is 2.21. The number of rotatable bonds is 5. The first-order valence-electron chi connectivity index (χ1n) is 6.28. The molecule has 0 saturated carbocycles. The van der Waals surface area contributed by atoms with E-state index < -0.39 is 5.97 Å². The van der Waals surface area contributed by atoms with Crippen LogP contribution >= 0.6 is 23.2 Å². The molecular weight excluding hydrogens is 315 g/mol. The highest BCUT2D eigenvalue weighted by molar-refractivity contribution is 6.35. The lowest BCUT2D eigenvalue weighted by Gasteiger charge is -2.10. The van der Waals surface area contributed by atoms with Crippen molar-refractivity contribution >= 4 is 29.2 Å². The van der Waals surface area contributed by atoms with Crippen molar-refractivity contribution in [3.05, 3.63) is 45.7 Å². The summed E-state index contributed by atoms with van der Waals surface area (Å²) in [5.74, 6) is 0.0588. The fraction of sp³-hybridized carbons (Fsp3) is 0.286. The molecule has 1 aromatic carbocycles. The van der Waals surface area contributed by atoms with Crippen LogP contribution in [0.25, 0.3) is 0 Å². The van der Waals surface area contributed by atoms with Gasteiger partial charge < -0.3 is 9.47 Å². The number of hydrogen-bond acceptors (Lipinski definition) is 4. The normalized spacial score (nSPS) is 10.5. The first-order valence-corrected chi connectivity index (χ1v) is 7.04. The van der Waals surface area contributed by atoms with Gasteiger partial charge in [-0.2, -0.15) is 5.10 Å². The lowest BCUT2D eigenvalue weighted by Crippen LogP contribution is -2.11. The Kier molecular flexibility index (Phi) is 5.09. The Morgan fingerprint density at radius 2 is 2.14 bits per heavy atom. The van der Waals surface area contributed by atoms with E-state index in [0.29, 0.717) is 33.7 Å². The Labute approximate surface area is 132 Å². The average Bonchev–Trinajstić information content (AvgIpc) is 2.79. The molecule has 0 fully saturated rings. The van der Waals surface area contributed by atoms with Crippen molar-refractivity contribution in [1.29, 1.82) is 0 Å².